The van der Waals surface area contributed by atoms with Gasteiger partial charge in [0.1, 0.15) is 0 Å². The zero-order valence-electron chi connectivity index (χ0n) is 8.55. The first-order chi connectivity index (χ1) is 6.22. The minimum absolute atomic E-state index is 0.559. The van der Waals surface area contributed by atoms with Crippen LogP contribution in [-0.4, -0.2) is 19.0 Å². The van der Waals surface area contributed by atoms with E-state index < -0.39 is 0 Å². The highest BCUT2D eigenvalue weighted by atomic mass is 79.9. The molecular formula is C11H19BrO. The molecule has 0 aromatic heterocycles. The van der Waals surface area contributed by atoms with Gasteiger partial charge >= 0.3 is 0 Å². The Kier molecular flexibility index (Phi) is 2.72. The third-order valence-electron chi connectivity index (χ3n) is 4.13. The lowest BCUT2D eigenvalue weighted by Crippen LogP contribution is -2.32. The number of ether oxygens (including phenoxy) is 1. The van der Waals surface area contributed by atoms with Crippen molar-refractivity contribution in [1.82, 2.24) is 0 Å². The van der Waals surface area contributed by atoms with Crippen molar-refractivity contribution in [3.05, 3.63) is 0 Å². The quantitative estimate of drug-likeness (QED) is 0.694. The van der Waals surface area contributed by atoms with Crippen LogP contribution in [0.4, 0.5) is 0 Å². The van der Waals surface area contributed by atoms with E-state index >= 15 is 0 Å². The summed E-state index contributed by atoms with van der Waals surface area (Å²) in [5.41, 5.74) is 0.559. The number of halogens is 1. The predicted molar refractivity (Wildman–Crippen MR) is 58.1 cm³/mol. The number of alkyl halides is 1. The highest BCUT2D eigenvalue weighted by molar-refractivity contribution is 9.09. The van der Waals surface area contributed by atoms with Gasteiger partial charge in [-0.2, -0.15) is 0 Å². The number of hydrogen-bond donors (Lipinski definition) is 0. The van der Waals surface area contributed by atoms with Gasteiger partial charge in [0.2, 0.25) is 0 Å². The molecule has 0 amide bonds. The molecule has 0 aromatic rings. The molecule has 0 aromatic carbocycles. The van der Waals surface area contributed by atoms with E-state index in [1.807, 2.05) is 7.11 Å². The van der Waals surface area contributed by atoms with Crippen LogP contribution in [0, 0.1) is 23.2 Å². The Balaban J connectivity index is 1.98. The van der Waals surface area contributed by atoms with E-state index in [9.17, 15) is 0 Å². The molecule has 2 fully saturated rings. The second kappa shape index (κ2) is 3.54. The topological polar surface area (TPSA) is 9.23 Å². The minimum atomic E-state index is 0.559. The van der Waals surface area contributed by atoms with Crippen molar-refractivity contribution in [3.63, 3.8) is 0 Å². The highest BCUT2D eigenvalue weighted by Crippen LogP contribution is 2.62. The van der Waals surface area contributed by atoms with Crippen molar-refractivity contribution in [3.8, 4) is 0 Å². The van der Waals surface area contributed by atoms with Crippen molar-refractivity contribution in [2.45, 2.75) is 26.2 Å². The lowest BCUT2D eigenvalue weighted by atomic mass is 9.74. The number of methoxy groups -OCH3 is 1. The Labute approximate surface area is 89.4 Å². The van der Waals surface area contributed by atoms with Gasteiger partial charge in [0.15, 0.2) is 0 Å². The molecule has 2 rings (SSSR count). The molecule has 2 saturated carbocycles. The Morgan fingerprint density at radius 1 is 1.46 bits per heavy atom. The number of fused-ring (bicyclic) bond motifs is 1. The van der Waals surface area contributed by atoms with Crippen molar-refractivity contribution in [1.29, 1.82) is 0 Å². The lowest BCUT2D eigenvalue weighted by molar-refractivity contribution is 0.0805. The second-order valence-corrected chi connectivity index (χ2v) is 5.58. The summed E-state index contributed by atoms with van der Waals surface area (Å²) in [5, 5.41) is 1.16. The van der Waals surface area contributed by atoms with Gasteiger partial charge in [-0.1, -0.05) is 22.9 Å². The summed E-state index contributed by atoms with van der Waals surface area (Å²) in [7, 11) is 1.81. The maximum Gasteiger partial charge on any atom is 0.0493 e. The molecule has 0 saturated heterocycles. The summed E-state index contributed by atoms with van der Waals surface area (Å²) in [6.07, 6.45) is 4.38. The van der Waals surface area contributed by atoms with E-state index in [1.54, 1.807) is 0 Å². The van der Waals surface area contributed by atoms with Crippen molar-refractivity contribution in [2.24, 2.45) is 23.2 Å². The van der Waals surface area contributed by atoms with Crippen LogP contribution in [0.1, 0.15) is 26.2 Å². The van der Waals surface area contributed by atoms with Crippen molar-refractivity contribution in [2.75, 3.05) is 19.0 Å². The van der Waals surface area contributed by atoms with Crippen molar-refractivity contribution >= 4 is 15.9 Å². The first-order valence-corrected chi connectivity index (χ1v) is 6.39. The molecule has 3 atom stereocenters. The van der Waals surface area contributed by atoms with Crippen LogP contribution in [0.2, 0.25) is 0 Å². The summed E-state index contributed by atoms with van der Waals surface area (Å²) in [5.74, 6) is 2.85. The molecule has 2 aliphatic carbocycles. The highest BCUT2D eigenvalue weighted by Gasteiger charge is 2.54. The van der Waals surface area contributed by atoms with Gasteiger partial charge in [0, 0.05) is 19.0 Å². The van der Waals surface area contributed by atoms with E-state index in [-0.39, 0.29) is 0 Å². The Morgan fingerprint density at radius 3 is 2.54 bits per heavy atom. The molecule has 0 bridgehead atoms. The van der Waals surface area contributed by atoms with E-state index in [0.717, 1.165) is 23.8 Å². The molecule has 3 unspecified atom stereocenters. The predicted octanol–water partition coefficient (Wildman–Crippen LogP) is 3.08. The summed E-state index contributed by atoms with van der Waals surface area (Å²) in [6, 6.07) is 0. The third-order valence-corrected chi connectivity index (χ3v) is 5.25. The monoisotopic (exact) mass is 246 g/mol. The molecule has 0 aliphatic heterocycles. The largest absolute Gasteiger partial charge is 0.384 e. The maximum absolute atomic E-state index is 5.27. The fourth-order valence-corrected chi connectivity index (χ4v) is 4.02. The summed E-state index contributed by atoms with van der Waals surface area (Å²) in [6.45, 7) is 3.26. The van der Waals surface area contributed by atoms with Crippen LogP contribution < -0.4 is 0 Å². The third kappa shape index (κ3) is 1.68. The number of hydrogen-bond acceptors (Lipinski definition) is 1. The standard InChI is InChI=1S/C11H19BrO/c1-8(6-13-2)11(7-12)4-9-3-10(9)5-11/h8-10H,3-7H2,1-2H3. The first kappa shape index (κ1) is 9.97. The van der Waals surface area contributed by atoms with E-state index in [0.29, 0.717) is 11.3 Å². The Bertz CT molecular complexity index is 183. The molecule has 2 heteroatoms. The molecule has 13 heavy (non-hydrogen) atoms. The minimum Gasteiger partial charge on any atom is -0.384 e. The van der Waals surface area contributed by atoms with Crippen LogP contribution in [0.25, 0.3) is 0 Å². The molecule has 0 spiro atoms. The average Bonchev–Trinajstić information content (AvgIpc) is 2.74. The van der Waals surface area contributed by atoms with Gasteiger partial charge in [-0.15, -0.1) is 0 Å². The fraction of sp³-hybridized carbons (Fsp3) is 1.00. The molecule has 76 valence electrons. The van der Waals surface area contributed by atoms with E-state index in [4.69, 9.17) is 4.74 Å². The van der Waals surface area contributed by atoms with Crippen LogP contribution in [0.15, 0.2) is 0 Å². The first-order valence-electron chi connectivity index (χ1n) is 5.27. The van der Waals surface area contributed by atoms with Crippen molar-refractivity contribution < 1.29 is 4.74 Å². The summed E-state index contributed by atoms with van der Waals surface area (Å²) in [4.78, 5) is 0. The average molecular weight is 247 g/mol. The zero-order valence-corrected chi connectivity index (χ0v) is 10.1. The maximum atomic E-state index is 5.27. The summed E-state index contributed by atoms with van der Waals surface area (Å²) >= 11 is 3.70. The van der Waals surface area contributed by atoms with Crippen LogP contribution >= 0.6 is 15.9 Å². The normalized spacial score (nSPS) is 44.5. The molecule has 2 aliphatic rings. The lowest BCUT2D eigenvalue weighted by Gasteiger charge is -2.35. The van der Waals surface area contributed by atoms with Gasteiger partial charge in [-0.25, -0.2) is 0 Å². The van der Waals surface area contributed by atoms with E-state index in [2.05, 4.69) is 22.9 Å². The van der Waals surface area contributed by atoms with Crippen LogP contribution in [0.3, 0.4) is 0 Å². The Morgan fingerprint density at radius 2 is 2.08 bits per heavy atom. The second-order valence-electron chi connectivity index (χ2n) is 5.02. The van der Waals surface area contributed by atoms with Gasteiger partial charge in [0.25, 0.3) is 0 Å². The molecule has 0 heterocycles. The van der Waals surface area contributed by atoms with Crippen LogP contribution in [0.5, 0.6) is 0 Å². The molecule has 1 nitrogen and oxygen atoms in total. The van der Waals surface area contributed by atoms with Crippen LogP contribution in [-0.2, 0) is 4.74 Å². The molecular weight excluding hydrogens is 228 g/mol. The molecule has 0 radical (unpaired) electrons. The van der Waals surface area contributed by atoms with Gasteiger partial charge in [-0.3, -0.25) is 0 Å². The molecule has 0 N–H and O–H groups in total. The zero-order chi connectivity index (χ0) is 9.47. The van der Waals surface area contributed by atoms with Gasteiger partial charge in [0.05, 0.1) is 0 Å². The smallest absolute Gasteiger partial charge is 0.0493 e. The number of rotatable bonds is 4. The summed E-state index contributed by atoms with van der Waals surface area (Å²) < 4.78 is 5.27. The van der Waals surface area contributed by atoms with E-state index in [1.165, 1.54) is 19.3 Å². The SMILES string of the molecule is COCC(C)C1(CBr)CC2CC2C1. The fourth-order valence-electron chi connectivity index (χ4n) is 3.01. The Hall–Kier alpha value is 0.440. The van der Waals surface area contributed by atoms with Gasteiger partial charge < -0.3 is 4.74 Å². The van der Waals surface area contributed by atoms with Gasteiger partial charge in [-0.05, 0) is 42.4 Å².